The summed E-state index contributed by atoms with van der Waals surface area (Å²) >= 11 is 0. The molecule has 20 heavy (non-hydrogen) atoms. The van der Waals surface area contributed by atoms with E-state index in [1.807, 2.05) is 25.1 Å². The zero-order chi connectivity index (χ0) is 15.0. The fourth-order valence-electron chi connectivity index (χ4n) is 1.93. The summed E-state index contributed by atoms with van der Waals surface area (Å²) in [5, 5.41) is 6.04. The van der Waals surface area contributed by atoms with Crippen LogP contribution in [0.5, 0.6) is 11.5 Å². The van der Waals surface area contributed by atoms with E-state index in [2.05, 4.69) is 24.5 Å². The zero-order valence-electron chi connectivity index (χ0n) is 12.7. The lowest BCUT2D eigenvalue weighted by atomic mass is 10.1. The molecule has 1 amide bonds. The van der Waals surface area contributed by atoms with Gasteiger partial charge in [-0.15, -0.1) is 0 Å². The zero-order valence-corrected chi connectivity index (χ0v) is 12.7. The van der Waals surface area contributed by atoms with Crippen molar-refractivity contribution in [3.63, 3.8) is 0 Å². The number of hydrogen-bond donors (Lipinski definition) is 2. The smallest absolute Gasteiger partial charge is 0.257 e. The van der Waals surface area contributed by atoms with E-state index in [0.29, 0.717) is 18.0 Å². The largest absolute Gasteiger partial charge is 0.497 e. The number of rotatable bonds is 8. The Labute approximate surface area is 120 Å². The van der Waals surface area contributed by atoms with Gasteiger partial charge in [0.05, 0.1) is 7.11 Å². The highest BCUT2D eigenvalue weighted by molar-refractivity contribution is 5.77. The summed E-state index contributed by atoms with van der Waals surface area (Å²) in [7, 11) is 1.61. The molecule has 0 spiro atoms. The molecule has 0 aliphatic carbocycles. The Balaban J connectivity index is 2.86. The maximum atomic E-state index is 11.5. The molecule has 1 atom stereocenters. The highest BCUT2D eigenvalue weighted by atomic mass is 16.5. The van der Waals surface area contributed by atoms with Crippen LogP contribution in [0, 0.1) is 0 Å². The minimum absolute atomic E-state index is 0.00680. The molecule has 0 heterocycles. The predicted octanol–water partition coefficient (Wildman–Crippen LogP) is 1.88. The fraction of sp³-hybridized carbons (Fsp3) is 0.533. The quantitative estimate of drug-likeness (QED) is 0.763. The topological polar surface area (TPSA) is 59.6 Å². The summed E-state index contributed by atoms with van der Waals surface area (Å²) in [5.41, 5.74) is 1.01. The highest BCUT2D eigenvalue weighted by Crippen LogP contribution is 2.29. The molecule has 5 nitrogen and oxygen atoms in total. The molecule has 1 rings (SSSR count). The Kier molecular flexibility index (Phi) is 6.87. The molecule has 0 saturated carbocycles. The van der Waals surface area contributed by atoms with Crippen molar-refractivity contribution >= 4 is 5.91 Å². The van der Waals surface area contributed by atoms with Crippen molar-refractivity contribution in [2.75, 3.05) is 26.8 Å². The molecule has 1 unspecified atom stereocenters. The summed E-state index contributed by atoms with van der Waals surface area (Å²) < 4.78 is 10.8. The van der Waals surface area contributed by atoms with Crippen LogP contribution in [0.3, 0.4) is 0 Å². The molecule has 0 saturated heterocycles. The molecular weight excluding hydrogens is 256 g/mol. The van der Waals surface area contributed by atoms with E-state index in [-0.39, 0.29) is 18.6 Å². The number of amides is 1. The van der Waals surface area contributed by atoms with Gasteiger partial charge in [0.2, 0.25) is 0 Å². The summed E-state index contributed by atoms with van der Waals surface area (Å²) in [5.74, 6) is 1.25. The van der Waals surface area contributed by atoms with Gasteiger partial charge in [-0.1, -0.05) is 13.0 Å². The van der Waals surface area contributed by atoms with Crippen molar-refractivity contribution in [3.8, 4) is 11.5 Å². The van der Waals surface area contributed by atoms with E-state index in [4.69, 9.17) is 9.47 Å². The third-order valence-corrected chi connectivity index (χ3v) is 2.93. The molecule has 2 N–H and O–H groups in total. The van der Waals surface area contributed by atoms with Crippen molar-refractivity contribution in [2.24, 2.45) is 0 Å². The van der Waals surface area contributed by atoms with Crippen LogP contribution < -0.4 is 20.1 Å². The van der Waals surface area contributed by atoms with Crippen molar-refractivity contribution in [1.82, 2.24) is 10.6 Å². The van der Waals surface area contributed by atoms with Gasteiger partial charge in [0.1, 0.15) is 11.5 Å². The number of ether oxygens (including phenoxy) is 2. The van der Waals surface area contributed by atoms with Crippen LogP contribution in [0.15, 0.2) is 18.2 Å². The van der Waals surface area contributed by atoms with Gasteiger partial charge < -0.3 is 20.1 Å². The minimum atomic E-state index is -0.127. The third kappa shape index (κ3) is 4.74. The number of carbonyl (C=O) groups excluding carboxylic acids is 1. The van der Waals surface area contributed by atoms with Crippen LogP contribution >= 0.6 is 0 Å². The molecular formula is C15H24N2O3. The highest BCUT2D eigenvalue weighted by Gasteiger charge is 2.13. The minimum Gasteiger partial charge on any atom is -0.497 e. The number of methoxy groups -OCH3 is 1. The van der Waals surface area contributed by atoms with Crippen LogP contribution in [0.2, 0.25) is 0 Å². The van der Waals surface area contributed by atoms with Gasteiger partial charge in [-0.05, 0) is 26.5 Å². The second kappa shape index (κ2) is 8.43. The molecule has 1 aromatic carbocycles. The van der Waals surface area contributed by atoms with E-state index >= 15 is 0 Å². The molecule has 0 bridgehead atoms. The number of benzene rings is 1. The van der Waals surface area contributed by atoms with Gasteiger partial charge in [-0.25, -0.2) is 0 Å². The van der Waals surface area contributed by atoms with Gasteiger partial charge in [0.25, 0.3) is 5.91 Å². The predicted molar refractivity (Wildman–Crippen MR) is 79.3 cm³/mol. The molecule has 0 radical (unpaired) electrons. The molecule has 112 valence electrons. The van der Waals surface area contributed by atoms with E-state index in [0.717, 1.165) is 12.1 Å². The van der Waals surface area contributed by atoms with Crippen LogP contribution in [-0.2, 0) is 4.79 Å². The van der Waals surface area contributed by atoms with Crippen molar-refractivity contribution in [1.29, 1.82) is 0 Å². The monoisotopic (exact) mass is 280 g/mol. The first-order chi connectivity index (χ1) is 9.62. The first-order valence-corrected chi connectivity index (χ1v) is 6.93. The SMILES string of the molecule is CCNC(=O)COc1cc(OC)ccc1C(C)NCC. The molecule has 0 aromatic heterocycles. The Morgan fingerprint density at radius 2 is 2.05 bits per heavy atom. The van der Waals surface area contributed by atoms with Crippen LogP contribution in [0.4, 0.5) is 0 Å². The maximum Gasteiger partial charge on any atom is 0.257 e. The number of nitrogens with one attached hydrogen (secondary N) is 2. The number of likely N-dealkylation sites (N-methyl/N-ethyl adjacent to an activating group) is 1. The summed E-state index contributed by atoms with van der Waals surface area (Å²) in [6.45, 7) is 7.46. The average Bonchev–Trinajstić information content (AvgIpc) is 2.45. The van der Waals surface area contributed by atoms with Gasteiger partial charge in [0.15, 0.2) is 6.61 Å². The lowest BCUT2D eigenvalue weighted by Crippen LogP contribution is -2.29. The number of hydrogen-bond acceptors (Lipinski definition) is 4. The normalized spacial score (nSPS) is 11.8. The Bertz CT molecular complexity index is 435. The van der Waals surface area contributed by atoms with E-state index in [9.17, 15) is 4.79 Å². The van der Waals surface area contributed by atoms with Crippen molar-refractivity contribution in [3.05, 3.63) is 23.8 Å². The fourth-order valence-corrected chi connectivity index (χ4v) is 1.93. The van der Waals surface area contributed by atoms with Gasteiger partial charge in [-0.3, -0.25) is 4.79 Å². The van der Waals surface area contributed by atoms with Crippen molar-refractivity contribution in [2.45, 2.75) is 26.8 Å². The molecule has 0 aliphatic heterocycles. The maximum absolute atomic E-state index is 11.5. The van der Waals surface area contributed by atoms with Crippen LogP contribution in [-0.4, -0.2) is 32.7 Å². The summed E-state index contributed by atoms with van der Waals surface area (Å²) in [4.78, 5) is 11.5. The molecule has 5 heteroatoms. The van der Waals surface area contributed by atoms with E-state index < -0.39 is 0 Å². The van der Waals surface area contributed by atoms with Crippen LogP contribution in [0.1, 0.15) is 32.4 Å². The van der Waals surface area contributed by atoms with Gasteiger partial charge >= 0.3 is 0 Å². The standard InChI is InChI=1S/C15H24N2O3/c1-5-16-11(3)13-8-7-12(19-4)9-14(13)20-10-15(18)17-6-2/h7-9,11,16H,5-6,10H2,1-4H3,(H,17,18). The first kappa shape index (κ1) is 16.3. The van der Waals surface area contributed by atoms with Gasteiger partial charge in [-0.2, -0.15) is 0 Å². The van der Waals surface area contributed by atoms with Crippen LogP contribution in [0.25, 0.3) is 0 Å². The molecule has 0 aliphatic rings. The lowest BCUT2D eigenvalue weighted by Gasteiger charge is -2.18. The third-order valence-electron chi connectivity index (χ3n) is 2.93. The number of carbonyl (C=O) groups is 1. The Morgan fingerprint density at radius 3 is 2.65 bits per heavy atom. The van der Waals surface area contributed by atoms with E-state index in [1.165, 1.54) is 0 Å². The van der Waals surface area contributed by atoms with Crippen molar-refractivity contribution < 1.29 is 14.3 Å². The second-order valence-corrected chi connectivity index (χ2v) is 4.43. The Hall–Kier alpha value is -1.75. The average molecular weight is 280 g/mol. The Morgan fingerprint density at radius 1 is 1.30 bits per heavy atom. The summed E-state index contributed by atoms with van der Waals surface area (Å²) in [6, 6.07) is 5.80. The second-order valence-electron chi connectivity index (χ2n) is 4.43. The van der Waals surface area contributed by atoms with Gasteiger partial charge in [0, 0.05) is 24.2 Å². The lowest BCUT2D eigenvalue weighted by molar-refractivity contribution is -0.123. The molecule has 0 fully saturated rings. The summed E-state index contributed by atoms with van der Waals surface area (Å²) in [6.07, 6.45) is 0. The van der Waals surface area contributed by atoms with E-state index in [1.54, 1.807) is 7.11 Å². The first-order valence-electron chi connectivity index (χ1n) is 6.93. The molecule has 1 aromatic rings.